The van der Waals surface area contributed by atoms with E-state index in [1.165, 1.54) is 51.6 Å². The van der Waals surface area contributed by atoms with E-state index < -0.39 is 0 Å². The highest BCUT2D eigenvalue weighted by Crippen LogP contribution is 2.33. The molecule has 2 aromatic carbocycles. The summed E-state index contributed by atoms with van der Waals surface area (Å²) in [6.07, 6.45) is 42.6. The summed E-state index contributed by atoms with van der Waals surface area (Å²) < 4.78 is 12.6. The Bertz CT molecular complexity index is 5180. The van der Waals surface area contributed by atoms with Crippen molar-refractivity contribution in [3.63, 3.8) is 0 Å². The van der Waals surface area contributed by atoms with Crippen molar-refractivity contribution >= 4 is 63.9 Å². The number of aromatic nitrogens is 23. The molecule has 0 radical (unpaired) electrons. The normalized spacial score (nSPS) is 12.8. The third-order valence-electron chi connectivity index (χ3n) is 19.3. The third kappa shape index (κ3) is 23.8. The van der Waals surface area contributed by atoms with Gasteiger partial charge in [0.1, 0.15) is 12.7 Å². The van der Waals surface area contributed by atoms with Gasteiger partial charge in [-0.15, -0.1) is 0 Å². The summed E-state index contributed by atoms with van der Waals surface area (Å²) in [7, 11) is 0. The lowest BCUT2D eigenvalue weighted by atomic mass is 9.86. The highest BCUT2D eigenvalue weighted by molar-refractivity contribution is 5.77. The van der Waals surface area contributed by atoms with Crippen LogP contribution in [0.25, 0.3) is 40.1 Å². The zero-order valence-electron chi connectivity index (χ0n) is 73.7. The number of hydrogen-bond donors (Lipinski definition) is 0. The summed E-state index contributed by atoms with van der Waals surface area (Å²) in [6.45, 7) is 58.7. The van der Waals surface area contributed by atoms with Crippen LogP contribution in [-0.4, -0.2) is 124 Å². The average Bonchev–Trinajstić information content (AvgIpc) is 1.81. The van der Waals surface area contributed by atoms with E-state index >= 15 is 0 Å². The van der Waals surface area contributed by atoms with E-state index in [1.807, 2.05) is 120 Å². The van der Waals surface area contributed by atoms with Gasteiger partial charge in [0.2, 0.25) is 11.6 Å². The maximum absolute atomic E-state index is 4.46. The van der Waals surface area contributed by atoms with E-state index in [9.17, 15) is 0 Å². The molecular weight excluding hydrogens is 1460 g/mol. The number of fused-ring (bicyclic) bond motifs is 9. The number of rotatable bonds is 0. The van der Waals surface area contributed by atoms with Gasteiger partial charge < -0.3 is 0 Å². The SMILES string of the molecule is CC(C)(C)c1ccc2c(c1)CC=N2.CC(C)(C)c1ccc2c(c1)N=CC2.CC(C)(C)c1ccc2nccn2n1.CC(C)(C)c1ccn2ccnc2n1.CC(C)(C)c1ccn2ncnc2n1.CC(C)(C)c1cnc2nccn2c1.CC(C)(C)c1cnc2ncnn2c1.CC(C)(C)c1cnn2ccnc2c1.CC(C)(C)c1cnn2ccnc2c1. The van der Waals surface area contributed by atoms with Gasteiger partial charge in [0.15, 0.2) is 16.9 Å². The van der Waals surface area contributed by atoms with Crippen LogP contribution in [0.3, 0.4) is 0 Å². The first-order valence-corrected chi connectivity index (χ1v) is 39.8. The van der Waals surface area contributed by atoms with Crippen molar-refractivity contribution in [3.8, 4) is 0 Å². The van der Waals surface area contributed by atoms with Crippen LogP contribution in [0.2, 0.25) is 0 Å². The number of hydrogen-bond acceptors (Lipinski definition) is 18. The minimum absolute atomic E-state index is 0.0632. The summed E-state index contributed by atoms with van der Waals surface area (Å²) in [5, 5.41) is 21.0. The number of benzene rings is 2. The maximum atomic E-state index is 4.46. The standard InChI is InChI=1S/2C12H15N.5C10H13N3.2C9H12N4/c1-12(2,3)10-4-5-11-9(8-10)6-7-13-11;1-12(2,3)10-5-4-9-6-7-13-11(9)8-10;1-10(2,3)8-4-6-13-7-5-11-9(13)12-8;1-10(2,3)8-6-12-9-11-4-5-13(9)7-8;2*1-10(2,3)8-6-9-11-4-5-13(9)12-7-8;1-10(2,3)8-4-5-9-11-6-7-13(9)12-8;1-9(2,3)7-4-10-8-11-6-12-13(8)5-7;1-9(2,3)7-4-5-13-8(12-7)10-6-11-13/h2*4-5,7-8H,6H2,1-3H3;5*4-7H,1-3H3;2*4-6H,1-3H3. The molecule has 0 spiro atoms. The molecule has 25 nitrogen and oxygen atoms in total. The molecule has 0 atom stereocenters. The van der Waals surface area contributed by atoms with Gasteiger partial charge in [-0.2, -0.15) is 35.5 Å². The molecule has 0 fully saturated rings. The van der Waals surface area contributed by atoms with Crippen LogP contribution >= 0.6 is 0 Å². The van der Waals surface area contributed by atoms with Crippen LogP contribution in [0.5, 0.6) is 0 Å². The average molecular weight is 1580 g/mol. The van der Waals surface area contributed by atoms with E-state index in [4.69, 9.17) is 0 Å². The smallest absolute Gasteiger partial charge is 0.252 e. The molecule has 16 aromatic rings. The number of imidazole rings is 5. The molecule has 16 heterocycles. The van der Waals surface area contributed by atoms with E-state index in [0.717, 1.165) is 75.4 Å². The molecule has 0 amide bonds. The van der Waals surface area contributed by atoms with Gasteiger partial charge in [0.25, 0.3) is 11.6 Å². The highest BCUT2D eigenvalue weighted by Gasteiger charge is 2.23. The van der Waals surface area contributed by atoms with Crippen LogP contribution in [0.1, 0.15) is 249 Å². The highest BCUT2D eigenvalue weighted by atomic mass is 15.3. The second-order valence-corrected chi connectivity index (χ2v) is 38.5. The Labute approximate surface area is 688 Å². The van der Waals surface area contributed by atoms with Crippen LogP contribution < -0.4 is 0 Å². The van der Waals surface area contributed by atoms with Crippen molar-refractivity contribution in [2.75, 3.05) is 0 Å². The predicted molar refractivity (Wildman–Crippen MR) is 471 cm³/mol. The van der Waals surface area contributed by atoms with Crippen molar-refractivity contribution < 1.29 is 0 Å². The van der Waals surface area contributed by atoms with Gasteiger partial charge >= 0.3 is 0 Å². The molecule has 0 saturated carbocycles. The predicted octanol–water partition coefficient (Wildman–Crippen LogP) is 19.5. The molecule has 117 heavy (non-hydrogen) atoms. The molecule has 0 saturated heterocycles. The molecule has 612 valence electrons. The molecule has 2 aliphatic heterocycles. The van der Waals surface area contributed by atoms with E-state index in [0.29, 0.717) is 11.6 Å². The Balaban J connectivity index is 0.000000139. The van der Waals surface area contributed by atoms with Crippen LogP contribution in [0.4, 0.5) is 11.4 Å². The van der Waals surface area contributed by atoms with Crippen LogP contribution in [0, 0.1) is 0 Å². The molecule has 14 aromatic heterocycles. The molecule has 25 heteroatoms. The van der Waals surface area contributed by atoms with Crippen LogP contribution in [-0.2, 0) is 61.6 Å². The molecule has 18 rings (SSSR count). The minimum atomic E-state index is 0.0632. The third-order valence-corrected chi connectivity index (χ3v) is 19.3. The summed E-state index contributed by atoms with van der Waals surface area (Å²) in [4.78, 5) is 54.7. The molecule has 0 aliphatic carbocycles. The van der Waals surface area contributed by atoms with Crippen molar-refractivity contribution in [2.45, 2.75) is 249 Å². The molecule has 2 aliphatic rings. The Hall–Kier alpha value is -12.0. The quantitative estimate of drug-likeness (QED) is 0.137. The van der Waals surface area contributed by atoms with Gasteiger partial charge in [-0.05, 0) is 126 Å². The molecule has 0 bridgehead atoms. The van der Waals surface area contributed by atoms with E-state index in [-0.39, 0.29) is 48.7 Å². The summed E-state index contributed by atoms with van der Waals surface area (Å²) >= 11 is 0. The Morgan fingerprint density at radius 3 is 1.28 bits per heavy atom. The first kappa shape index (κ1) is 87.4. The summed E-state index contributed by atoms with van der Waals surface area (Å²) in [5.74, 6) is 2.83. The fourth-order valence-corrected chi connectivity index (χ4v) is 11.5. The monoisotopic (exact) mass is 1570 g/mol. The maximum Gasteiger partial charge on any atom is 0.252 e. The fourth-order valence-electron chi connectivity index (χ4n) is 11.5. The molecule has 0 N–H and O–H groups in total. The Kier molecular flexibility index (Phi) is 26.3. The zero-order valence-corrected chi connectivity index (χ0v) is 73.7. The second-order valence-electron chi connectivity index (χ2n) is 38.5. The van der Waals surface area contributed by atoms with Gasteiger partial charge in [-0.3, -0.25) is 18.8 Å². The van der Waals surface area contributed by atoms with Crippen molar-refractivity contribution in [1.82, 2.24) is 112 Å². The first-order valence-electron chi connectivity index (χ1n) is 39.8. The second kappa shape index (κ2) is 35.2. The summed E-state index contributed by atoms with van der Waals surface area (Å²) in [6, 6.07) is 25.4. The lowest BCUT2D eigenvalue weighted by Gasteiger charge is -2.19. The fraction of sp³-hybridized carbons (Fsp3) is 0.413. The lowest BCUT2D eigenvalue weighted by molar-refractivity contribution is 0.554. The van der Waals surface area contributed by atoms with E-state index in [2.05, 4.69) is 332 Å². The van der Waals surface area contributed by atoms with Gasteiger partial charge in [0, 0.05) is 141 Å². The van der Waals surface area contributed by atoms with Gasteiger partial charge in [-0.25, -0.2) is 67.4 Å². The lowest BCUT2D eigenvalue weighted by Crippen LogP contribution is -2.14. The molecular formula is C92H119N25. The number of nitrogens with zero attached hydrogens (tertiary/aromatic N) is 25. The minimum Gasteiger partial charge on any atom is -0.291 e. The Morgan fingerprint density at radius 2 is 0.718 bits per heavy atom. The largest absolute Gasteiger partial charge is 0.291 e. The Morgan fingerprint density at radius 1 is 0.265 bits per heavy atom. The van der Waals surface area contributed by atoms with Gasteiger partial charge in [-0.1, -0.05) is 211 Å². The molecule has 0 unspecified atom stereocenters. The van der Waals surface area contributed by atoms with Crippen molar-refractivity contribution in [1.29, 1.82) is 0 Å². The summed E-state index contributed by atoms with van der Waals surface area (Å²) in [5.41, 5.74) is 19.8. The zero-order chi connectivity index (χ0) is 85.3. The van der Waals surface area contributed by atoms with Crippen molar-refractivity contribution in [3.05, 3.63) is 259 Å². The van der Waals surface area contributed by atoms with Crippen molar-refractivity contribution in [2.24, 2.45) is 9.98 Å². The van der Waals surface area contributed by atoms with Gasteiger partial charge in [0.05, 0.1) is 40.9 Å². The van der Waals surface area contributed by atoms with E-state index in [1.54, 1.807) is 53.6 Å². The topological polar surface area (TPSA) is 262 Å². The number of aliphatic imine (C=N–C) groups is 2. The first-order chi connectivity index (χ1) is 54.6. The van der Waals surface area contributed by atoms with Crippen LogP contribution in [0.15, 0.2) is 207 Å².